The number of carbonyl (C=O) groups excluding carboxylic acids is 2. The maximum Gasteiger partial charge on any atom is 0.254 e. The van der Waals surface area contributed by atoms with Crippen molar-refractivity contribution in [1.82, 2.24) is 10.6 Å². The molecule has 0 bridgehead atoms. The molecular weight excluding hydrogens is 363 g/mol. The summed E-state index contributed by atoms with van der Waals surface area (Å²) in [5.41, 5.74) is 0.758. The standard InChI is InChI=1S/C21H23FN2O4/c1-13(2)19(24-20(25)15-5-3-4-6-16(15)22)21(26)23-12-14-7-8-17-18(11-14)28-10-9-27-17/h3-8,11,13,19H,9-10,12H2,1-2H3,(H,23,26)(H,24,25). The Morgan fingerprint density at radius 3 is 2.50 bits per heavy atom. The van der Waals surface area contributed by atoms with Crippen molar-refractivity contribution in [2.75, 3.05) is 13.2 Å². The fourth-order valence-corrected chi connectivity index (χ4v) is 2.90. The van der Waals surface area contributed by atoms with E-state index >= 15 is 0 Å². The van der Waals surface area contributed by atoms with Crippen LogP contribution in [0.1, 0.15) is 29.8 Å². The average Bonchev–Trinajstić information content (AvgIpc) is 2.70. The molecule has 6 nitrogen and oxygen atoms in total. The van der Waals surface area contributed by atoms with Gasteiger partial charge in [-0.25, -0.2) is 4.39 Å². The molecule has 0 fully saturated rings. The smallest absolute Gasteiger partial charge is 0.254 e. The van der Waals surface area contributed by atoms with E-state index in [-0.39, 0.29) is 23.9 Å². The molecule has 0 aromatic heterocycles. The molecule has 28 heavy (non-hydrogen) atoms. The molecule has 1 heterocycles. The Bertz CT molecular complexity index is 869. The van der Waals surface area contributed by atoms with Crippen LogP contribution in [0.25, 0.3) is 0 Å². The molecule has 1 atom stereocenters. The van der Waals surface area contributed by atoms with Gasteiger partial charge in [0.1, 0.15) is 25.1 Å². The highest BCUT2D eigenvalue weighted by Crippen LogP contribution is 2.30. The first-order valence-corrected chi connectivity index (χ1v) is 9.17. The number of amides is 2. The molecule has 7 heteroatoms. The van der Waals surface area contributed by atoms with E-state index in [4.69, 9.17) is 9.47 Å². The third kappa shape index (κ3) is 4.60. The molecule has 0 radical (unpaired) electrons. The van der Waals surface area contributed by atoms with Gasteiger partial charge in [-0.05, 0) is 35.7 Å². The van der Waals surface area contributed by atoms with Crippen molar-refractivity contribution < 1.29 is 23.5 Å². The van der Waals surface area contributed by atoms with Crippen LogP contribution in [0.2, 0.25) is 0 Å². The molecular formula is C21H23FN2O4. The summed E-state index contributed by atoms with van der Waals surface area (Å²) in [4.78, 5) is 25.0. The summed E-state index contributed by atoms with van der Waals surface area (Å²) in [5, 5.41) is 5.44. The number of benzene rings is 2. The summed E-state index contributed by atoms with van der Waals surface area (Å²) in [6, 6.07) is 10.3. The topological polar surface area (TPSA) is 76.7 Å². The van der Waals surface area contributed by atoms with Gasteiger partial charge in [-0.2, -0.15) is 0 Å². The molecule has 2 aromatic rings. The Hall–Kier alpha value is -3.09. The molecule has 0 saturated carbocycles. The molecule has 148 valence electrons. The van der Waals surface area contributed by atoms with Gasteiger partial charge in [-0.3, -0.25) is 9.59 Å². The van der Waals surface area contributed by atoms with Crippen molar-refractivity contribution in [2.45, 2.75) is 26.4 Å². The molecule has 1 aliphatic heterocycles. The Balaban J connectivity index is 1.63. The van der Waals surface area contributed by atoms with Crippen LogP contribution in [0.3, 0.4) is 0 Å². The van der Waals surface area contributed by atoms with E-state index in [1.54, 1.807) is 12.1 Å². The zero-order valence-corrected chi connectivity index (χ0v) is 15.8. The molecule has 1 aliphatic rings. The zero-order chi connectivity index (χ0) is 20.1. The van der Waals surface area contributed by atoms with Crippen molar-refractivity contribution in [2.24, 2.45) is 5.92 Å². The number of halogens is 1. The monoisotopic (exact) mass is 386 g/mol. The molecule has 2 N–H and O–H groups in total. The maximum absolute atomic E-state index is 13.8. The number of rotatable bonds is 6. The van der Waals surface area contributed by atoms with Crippen LogP contribution in [0.5, 0.6) is 11.5 Å². The van der Waals surface area contributed by atoms with Gasteiger partial charge >= 0.3 is 0 Å². The van der Waals surface area contributed by atoms with Crippen LogP contribution in [-0.4, -0.2) is 31.1 Å². The first kappa shape index (κ1) is 19.7. The number of ether oxygens (including phenoxy) is 2. The van der Waals surface area contributed by atoms with E-state index < -0.39 is 17.8 Å². The van der Waals surface area contributed by atoms with E-state index in [9.17, 15) is 14.0 Å². The second-order valence-corrected chi connectivity index (χ2v) is 6.87. The Kier molecular flexibility index (Phi) is 6.13. The molecule has 0 saturated heterocycles. The number of carbonyl (C=O) groups is 2. The summed E-state index contributed by atoms with van der Waals surface area (Å²) < 4.78 is 24.8. The SMILES string of the molecule is CC(C)C(NC(=O)c1ccccc1F)C(=O)NCc1ccc2c(c1)OCCO2. The zero-order valence-electron chi connectivity index (χ0n) is 15.8. The van der Waals surface area contributed by atoms with Gasteiger partial charge in [0.25, 0.3) is 5.91 Å². The normalized spacial score (nSPS) is 13.7. The minimum Gasteiger partial charge on any atom is -0.486 e. The van der Waals surface area contributed by atoms with Crippen LogP contribution in [0, 0.1) is 11.7 Å². The summed E-state index contributed by atoms with van der Waals surface area (Å²) in [6.45, 7) is 4.90. The van der Waals surface area contributed by atoms with E-state index in [1.807, 2.05) is 26.0 Å². The van der Waals surface area contributed by atoms with Gasteiger partial charge in [0, 0.05) is 6.54 Å². The Morgan fingerprint density at radius 2 is 1.79 bits per heavy atom. The fraction of sp³-hybridized carbons (Fsp3) is 0.333. The van der Waals surface area contributed by atoms with Crippen molar-refractivity contribution in [1.29, 1.82) is 0 Å². The maximum atomic E-state index is 13.8. The predicted octanol–water partition coefficient (Wildman–Crippen LogP) is 2.67. The highest BCUT2D eigenvalue weighted by molar-refractivity contribution is 5.97. The number of hydrogen-bond acceptors (Lipinski definition) is 4. The van der Waals surface area contributed by atoms with Gasteiger partial charge in [-0.1, -0.05) is 32.0 Å². The highest BCUT2D eigenvalue weighted by Gasteiger charge is 2.25. The number of nitrogens with one attached hydrogen (secondary N) is 2. The summed E-state index contributed by atoms with van der Waals surface area (Å²) in [7, 11) is 0. The largest absolute Gasteiger partial charge is 0.486 e. The second-order valence-electron chi connectivity index (χ2n) is 6.87. The van der Waals surface area contributed by atoms with Crippen LogP contribution < -0.4 is 20.1 Å². The summed E-state index contributed by atoms with van der Waals surface area (Å²) in [6.07, 6.45) is 0. The molecule has 0 spiro atoms. The molecule has 1 unspecified atom stereocenters. The van der Waals surface area contributed by atoms with E-state index in [2.05, 4.69) is 10.6 Å². The van der Waals surface area contributed by atoms with Gasteiger partial charge in [0.05, 0.1) is 5.56 Å². The van der Waals surface area contributed by atoms with Gasteiger partial charge in [0.15, 0.2) is 11.5 Å². The Morgan fingerprint density at radius 1 is 1.07 bits per heavy atom. The average molecular weight is 386 g/mol. The second kappa shape index (κ2) is 8.73. The van der Waals surface area contributed by atoms with Crippen LogP contribution in [0.4, 0.5) is 4.39 Å². The fourth-order valence-electron chi connectivity index (χ4n) is 2.90. The molecule has 3 rings (SSSR count). The lowest BCUT2D eigenvalue weighted by Crippen LogP contribution is -2.49. The summed E-state index contributed by atoms with van der Waals surface area (Å²) >= 11 is 0. The molecule has 2 amide bonds. The van der Waals surface area contributed by atoms with Gasteiger partial charge in [-0.15, -0.1) is 0 Å². The lowest BCUT2D eigenvalue weighted by molar-refractivity contribution is -0.124. The van der Waals surface area contributed by atoms with E-state index in [0.717, 1.165) is 5.56 Å². The first-order valence-electron chi connectivity index (χ1n) is 9.17. The van der Waals surface area contributed by atoms with Crippen LogP contribution in [-0.2, 0) is 11.3 Å². The van der Waals surface area contributed by atoms with Crippen molar-refractivity contribution in [3.05, 3.63) is 59.4 Å². The molecule has 0 aliphatic carbocycles. The van der Waals surface area contributed by atoms with Gasteiger partial charge in [0.2, 0.25) is 5.91 Å². The number of fused-ring (bicyclic) bond motifs is 1. The lowest BCUT2D eigenvalue weighted by Gasteiger charge is -2.22. The van der Waals surface area contributed by atoms with Crippen molar-refractivity contribution in [3.63, 3.8) is 0 Å². The third-order valence-electron chi connectivity index (χ3n) is 4.43. The third-order valence-corrected chi connectivity index (χ3v) is 4.43. The lowest BCUT2D eigenvalue weighted by atomic mass is 10.0. The van der Waals surface area contributed by atoms with Crippen LogP contribution in [0.15, 0.2) is 42.5 Å². The van der Waals surface area contributed by atoms with Gasteiger partial charge < -0.3 is 20.1 Å². The minimum atomic E-state index is -0.788. The van der Waals surface area contributed by atoms with E-state index in [0.29, 0.717) is 24.7 Å². The minimum absolute atomic E-state index is 0.0900. The summed E-state index contributed by atoms with van der Waals surface area (Å²) in [5.74, 6) is -0.430. The van der Waals surface area contributed by atoms with Crippen molar-refractivity contribution >= 4 is 11.8 Å². The van der Waals surface area contributed by atoms with Crippen molar-refractivity contribution in [3.8, 4) is 11.5 Å². The quantitative estimate of drug-likeness (QED) is 0.800. The highest BCUT2D eigenvalue weighted by atomic mass is 19.1. The number of hydrogen-bond donors (Lipinski definition) is 2. The van der Waals surface area contributed by atoms with E-state index in [1.165, 1.54) is 18.2 Å². The predicted molar refractivity (Wildman–Crippen MR) is 102 cm³/mol. The first-order chi connectivity index (χ1) is 13.5. The van der Waals surface area contributed by atoms with Crippen LogP contribution >= 0.6 is 0 Å². The molecule has 2 aromatic carbocycles. The Labute approximate surface area is 163 Å².